The predicted molar refractivity (Wildman–Crippen MR) is 55.9 cm³/mol. The van der Waals surface area contributed by atoms with E-state index in [2.05, 4.69) is 11.4 Å². The Bertz CT molecular complexity index is 171. The molecule has 1 fully saturated rings. The summed E-state index contributed by atoms with van der Waals surface area (Å²) in [5, 5.41) is 11.7. The molecule has 0 spiro atoms. The summed E-state index contributed by atoms with van der Waals surface area (Å²) in [6.45, 7) is 3.04. The van der Waals surface area contributed by atoms with Crippen molar-refractivity contribution in [3.05, 3.63) is 0 Å². The maximum Gasteiger partial charge on any atom is 0.0621 e. The summed E-state index contributed by atoms with van der Waals surface area (Å²) in [6, 6.07) is 2.16. The molecule has 0 radical (unpaired) electrons. The number of nitrogens with zero attached hydrogens (tertiary/aromatic N) is 1. The van der Waals surface area contributed by atoms with Crippen LogP contribution in [0, 0.1) is 11.3 Å². The van der Waals surface area contributed by atoms with E-state index in [1.807, 2.05) is 0 Å². The van der Waals surface area contributed by atoms with Gasteiger partial charge in [-0.2, -0.15) is 5.26 Å². The van der Waals surface area contributed by atoms with Crippen LogP contribution in [0.3, 0.4) is 0 Å². The number of unbranched alkanes of at least 4 members (excludes halogenated alkanes) is 2. The van der Waals surface area contributed by atoms with Gasteiger partial charge in [0.2, 0.25) is 0 Å². The molecule has 1 unspecified atom stereocenters. The van der Waals surface area contributed by atoms with Crippen molar-refractivity contribution in [3.63, 3.8) is 0 Å². The number of hydrogen-bond acceptors (Lipinski definition) is 3. The second-order valence-electron chi connectivity index (χ2n) is 3.79. The van der Waals surface area contributed by atoms with Gasteiger partial charge in [-0.15, -0.1) is 0 Å². The molecular formula is C11H20N2O. The van der Waals surface area contributed by atoms with Crippen molar-refractivity contribution in [2.75, 3.05) is 19.7 Å². The van der Waals surface area contributed by atoms with Crippen molar-refractivity contribution in [3.8, 4) is 6.07 Å². The molecule has 0 aromatic carbocycles. The average molecular weight is 196 g/mol. The topological polar surface area (TPSA) is 45.0 Å². The molecule has 1 aliphatic rings. The first-order chi connectivity index (χ1) is 6.93. The molecule has 0 aromatic heterocycles. The van der Waals surface area contributed by atoms with Gasteiger partial charge in [0.1, 0.15) is 0 Å². The molecule has 0 saturated carbocycles. The van der Waals surface area contributed by atoms with E-state index in [1.54, 1.807) is 0 Å². The predicted octanol–water partition coefficient (Wildman–Crippen LogP) is 1.84. The van der Waals surface area contributed by atoms with Gasteiger partial charge >= 0.3 is 0 Å². The lowest BCUT2D eigenvalue weighted by Gasteiger charge is -2.09. The fourth-order valence-corrected chi connectivity index (χ4v) is 1.71. The summed E-state index contributed by atoms with van der Waals surface area (Å²) in [6.07, 6.45) is 6.92. The molecule has 0 amide bonds. The van der Waals surface area contributed by atoms with Gasteiger partial charge in [0.25, 0.3) is 0 Å². The molecule has 1 rings (SSSR count). The van der Waals surface area contributed by atoms with Gasteiger partial charge in [-0.3, -0.25) is 0 Å². The third-order valence-corrected chi connectivity index (χ3v) is 2.56. The van der Waals surface area contributed by atoms with E-state index in [9.17, 15) is 0 Å². The van der Waals surface area contributed by atoms with Crippen LogP contribution in [-0.4, -0.2) is 25.8 Å². The van der Waals surface area contributed by atoms with Gasteiger partial charge in [0, 0.05) is 13.0 Å². The Morgan fingerprint density at radius 1 is 1.36 bits per heavy atom. The van der Waals surface area contributed by atoms with E-state index in [4.69, 9.17) is 10.00 Å². The van der Waals surface area contributed by atoms with E-state index in [0.717, 1.165) is 39.0 Å². The molecule has 3 nitrogen and oxygen atoms in total. The zero-order valence-corrected chi connectivity index (χ0v) is 8.80. The van der Waals surface area contributed by atoms with Gasteiger partial charge in [-0.05, 0) is 45.2 Å². The number of nitrogens with one attached hydrogen (secondary N) is 1. The monoisotopic (exact) mass is 196 g/mol. The zero-order chi connectivity index (χ0) is 10.1. The highest BCUT2D eigenvalue weighted by atomic mass is 16.5. The molecule has 1 aliphatic heterocycles. The molecule has 1 heterocycles. The largest absolute Gasteiger partial charge is 0.378 e. The molecule has 1 N–H and O–H groups in total. The molecule has 3 heteroatoms. The van der Waals surface area contributed by atoms with Gasteiger partial charge < -0.3 is 10.1 Å². The molecule has 80 valence electrons. The molecular weight excluding hydrogens is 176 g/mol. The summed E-state index contributed by atoms with van der Waals surface area (Å²) >= 11 is 0. The van der Waals surface area contributed by atoms with Crippen molar-refractivity contribution in [1.82, 2.24) is 5.32 Å². The van der Waals surface area contributed by atoms with Crippen molar-refractivity contribution in [2.45, 2.75) is 44.6 Å². The summed E-state index contributed by atoms with van der Waals surface area (Å²) in [7, 11) is 0. The minimum Gasteiger partial charge on any atom is -0.378 e. The Labute approximate surface area is 86.4 Å². The van der Waals surface area contributed by atoms with E-state index in [1.165, 1.54) is 12.8 Å². The van der Waals surface area contributed by atoms with Crippen LogP contribution in [-0.2, 0) is 4.74 Å². The lowest BCUT2D eigenvalue weighted by molar-refractivity contribution is 0.104. The lowest BCUT2D eigenvalue weighted by atomic mass is 10.2. The van der Waals surface area contributed by atoms with Gasteiger partial charge in [-0.1, -0.05) is 0 Å². The van der Waals surface area contributed by atoms with Crippen LogP contribution in [0.1, 0.15) is 38.5 Å². The minimum atomic E-state index is 0.501. The third kappa shape index (κ3) is 5.21. The van der Waals surface area contributed by atoms with Crippen molar-refractivity contribution in [1.29, 1.82) is 5.26 Å². The van der Waals surface area contributed by atoms with Gasteiger partial charge in [0.15, 0.2) is 0 Å². The molecule has 0 aromatic rings. The van der Waals surface area contributed by atoms with Crippen LogP contribution in [0.15, 0.2) is 0 Å². The Morgan fingerprint density at radius 2 is 2.29 bits per heavy atom. The van der Waals surface area contributed by atoms with E-state index < -0.39 is 0 Å². The van der Waals surface area contributed by atoms with Crippen LogP contribution < -0.4 is 5.32 Å². The normalized spacial score (nSPS) is 20.9. The number of rotatable bonds is 7. The first kappa shape index (κ1) is 11.5. The van der Waals surface area contributed by atoms with Gasteiger partial charge in [0.05, 0.1) is 12.2 Å². The quantitative estimate of drug-likeness (QED) is 0.632. The summed E-state index contributed by atoms with van der Waals surface area (Å²) in [5.74, 6) is 0. The summed E-state index contributed by atoms with van der Waals surface area (Å²) in [5.41, 5.74) is 0. The second-order valence-corrected chi connectivity index (χ2v) is 3.79. The van der Waals surface area contributed by atoms with Gasteiger partial charge in [-0.25, -0.2) is 0 Å². The maximum atomic E-state index is 8.33. The number of hydrogen-bond donors (Lipinski definition) is 1. The highest BCUT2D eigenvalue weighted by Crippen LogP contribution is 2.14. The highest BCUT2D eigenvalue weighted by molar-refractivity contribution is 4.69. The Balaban J connectivity index is 1.78. The maximum absolute atomic E-state index is 8.33. The standard InChI is InChI=1S/C11H20N2O/c12-7-2-1-3-8-13-9-6-11-5-4-10-14-11/h11,13H,1-6,8-10H2. The molecule has 0 aliphatic carbocycles. The molecule has 0 bridgehead atoms. The Morgan fingerprint density at radius 3 is 3.00 bits per heavy atom. The number of nitriles is 1. The van der Waals surface area contributed by atoms with Crippen LogP contribution in [0.4, 0.5) is 0 Å². The van der Waals surface area contributed by atoms with Crippen LogP contribution in [0.5, 0.6) is 0 Å². The molecule has 14 heavy (non-hydrogen) atoms. The minimum absolute atomic E-state index is 0.501. The van der Waals surface area contributed by atoms with Crippen LogP contribution in [0.25, 0.3) is 0 Å². The molecule has 1 atom stereocenters. The zero-order valence-electron chi connectivity index (χ0n) is 8.80. The average Bonchev–Trinajstić information content (AvgIpc) is 2.69. The fourth-order valence-electron chi connectivity index (χ4n) is 1.71. The van der Waals surface area contributed by atoms with Crippen LogP contribution in [0.2, 0.25) is 0 Å². The lowest BCUT2D eigenvalue weighted by Crippen LogP contribution is -2.21. The Hall–Kier alpha value is -0.590. The van der Waals surface area contributed by atoms with Crippen molar-refractivity contribution < 1.29 is 4.74 Å². The fraction of sp³-hybridized carbons (Fsp3) is 0.909. The van der Waals surface area contributed by atoms with Crippen LogP contribution >= 0.6 is 0 Å². The van der Waals surface area contributed by atoms with E-state index >= 15 is 0 Å². The Kier molecular flexibility index (Phi) is 6.38. The second kappa shape index (κ2) is 7.78. The SMILES string of the molecule is N#CCCCCNCCC1CCCO1. The third-order valence-electron chi connectivity index (χ3n) is 2.56. The first-order valence-corrected chi connectivity index (χ1v) is 5.63. The first-order valence-electron chi connectivity index (χ1n) is 5.63. The van der Waals surface area contributed by atoms with E-state index in [-0.39, 0.29) is 0 Å². The van der Waals surface area contributed by atoms with E-state index in [0.29, 0.717) is 12.5 Å². The summed E-state index contributed by atoms with van der Waals surface area (Å²) in [4.78, 5) is 0. The number of ether oxygens (including phenoxy) is 1. The summed E-state index contributed by atoms with van der Waals surface area (Å²) < 4.78 is 5.51. The van der Waals surface area contributed by atoms with Crippen molar-refractivity contribution >= 4 is 0 Å². The van der Waals surface area contributed by atoms with Crippen molar-refractivity contribution in [2.24, 2.45) is 0 Å². The molecule has 1 saturated heterocycles. The smallest absolute Gasteiger partial charge is 0.0621 e. The highest BCUT2D eigenvalue weighted by Gasteiger charge is 2.13.